The summed E-state index contributed by atoms with van der Waals surface area (Å²) >= 11 is 0. The highest BCUT2D eigenvalue weighted by atomic mass is 32.2. The van der Waals surface area contributed by atoms with E-state index in [2.05, 4.69) is 26.1 Å². The first kappa shape index (κ1) is 27.3. The van der Waals surface area contributed by atoms with Crippen LogP contribution in [0.1, 0.15) is 78.6 Å². The summed E-state index contributed by atoms with van der Waals surface area (Å²) in [7, 11) is -4.10. The summed E-state index contributed by atoms with van der Waals surface area (Å²) in [6.07, 6.45) is 5.67. The molecule has 0 aliphatic heterocycles. The number of fused-ring (bicyclic) bond motifs is 5. The number of hydrogen-bond donors (Lipinski definition) is 5. The molecule has 0 heterocycles. The fourth-order valence-electron chi connectivity index (χ4n) is 9.10. The normalized spacial score (nSPS) is 46.3. The van der Waals surface area contributed by atoms with E-state index in [0.29, 0.717) is 18.8 Å². The smallest absolute Gasteiger partial charge is 0.266 e. The number of aliphatic hydroxyl groups is 3. The zero-order valence-electron chi connectivity index (χ0n) is 21.4. The first-order chi connectivity index (χ1) is 16.3. The van der Waals surface area contributed by atoms with E-state index in [-0.39, 0.29) is 65.4 Å². The first-order valence-electron chi connectivity index (χ1n) is 13.5. The second kappa shape index (κ2) is 9.86. The average Bonchev–Trinajstić information content (AvgIpc) is 3.12. The van der Waals surface area contributed by atoms with Crippen LogP contribution in [0, 0.1) is 46.3 Å². The van der Waals surface area contributed by atoms with Crippen molar-refractivity contribution in [1.82, 2.24) is 5.32 Å². The lowest BCUT2D eigenvalue weighted by Crippen LogP contribution is -2.62. The standard InChI is InChI=1S/C26H45NO7S/c1-15(4-7-23(31)27-10-11-35(32,33)34)18-5-6-19-24-20(14-22(30)26(18,19)3)25(2)9-8-17(28)12-16(25)13-21(24)29/h15-22,24,28-30H,4-14H2,1-3H3,(H,27,31)(H,32,33,34)/t15-,16?,17-,18-,19?,20?,21?,22+,24?,25+,26-/m1/s1. The molecule has 0 radical (unpaired) electrons. The molecule has 5 unspecified atom stereocenters. The van der Waals surface area contributed by atoms with Gasteiger partial charge in [-0.3, -0.25) is 9.35 Å². The van der Waals surface area contributed by atoms with Crippen LogP contribution in [0.15, 0.2) is 0 Å². The molecule has 0 spiro atoms. The Hall–Kier alpha value is -0.740. The van der Waals surface area contributed by atoms with Crippen LogP contribution < -0.4 is 5.32 Å². The van der Waals surface area contributed by atoms with Crippen molar-refractivity contribution < 1.29 is 33.1 Å². The Kier molecular flexibility index (Phi) is 7.69. The SMILES string of the molecule is C[C@H](CCC(=O)NCCS(=O)(=O)O)[C@H]1CCC2C3C(O)CC4C[C@H](O)CC[C@]4(C)C3C[C@H](O)[C@@]21C. The Labute approximate surface area is 210 Å². The van der Waals surface area contributed by atoms with Crippen LogP contribution in [0.3, 0.4) is 0 Å². The van der Waals surface area contributed by atoms with E-state index in [1.165, 1.54) is 0 Å². The van der Waals surface area contributed by atoms with Crippen molar-refractivity contribution in [2.24, 2.45) is 46.3 Å². The lowest BCUT2D eigenvalue weighted by molar-refractivity contribution is -0.207. The maximum absolute atomic E-state index is 12.2. The van der Waals surface area contributed by atoms with Crippen LogP contribution in [0.25, 0.3) is 0 Å². The monoisotopic (exact) mass is 515 g/mol. The third-order valence-electron chi connectivity index (χ3n) is 11.0. The minimum atomic E-state index is -4.10. The second-order valence-corrected chi connectivity index (χ2v) is 14.2. The minimum absolute atomic E-state index is 0.0509. The molecular formula is C26H45NO7S. The second-order valence-electron chi connectivity index (χ2n) is 12.7. The molecule has 11 atom stereocenters. The molecular weight excluding hydrogens is 470 g/mol. The molecule has 0 aromatic rings. The highest BCUT2D eigenvalue weighted by Crippen LogP contribution is 2.68. The van der Waals surface area contributed by atoms with Gasteiger partial charge in [-0.1, -0.05) is 20.8 Å². The van der Waals surface area contributed by atoms with E-state index >= 15 is 0 Å². The average molecular weight is 516 g/mol. The molecule has 4 rings (SSSR count). The van der Waals surface area contributed by atoms with E-state index in [0.717, 1.165) is 38.5 Å². The molecule has 0 saturated heterocycles. The number of nitrogens with one attached hydrogen (secondary N) is 1. The zero-order valence-corrected chi connectivity index (χ0v) is 22.2. The van der Waals surface area contributed by atoms with E-state index in [4.69, 9.17) is 4.55 Å². The molecule has 4 aliphatic rings. The van der Waals surface area contributed by atoms with E-state index in [1.54, 1.807) is 0 Å². The van der Waals surface area contributed by atoms with Crippen LogP contribution in [0.4, 0.5) is 0 Å². The Morgan fingerprint density at radius 1 is 1.06 bits per heavy atom. The van der Waals surface area contributed by atoms with Gasteiger partial charge in [0.05, 0.1) is 24.1 Å². The summed E-state index contributed by atoms with van der Waals surface area (Å²) in [4.78, 5) is 12.2. The summed E-state index contributed by atoms with van der Waals surface area (Å²) in [5.41, 5.74) is -0.254. The summed E-state index contributed by atoms with van der Waals surface area (Å²) in [6, 6.07) is 0. The van der Waals surface area contributed by atoms with Crippen molar-refractivity contribution in [2.45, 2.75) is 96.9 Å². The highest BCUT2D eigenvalue weighted by Gasteiger charge is 2.65. The number of hydrogen-bond acceptors (Lipinski definition) is 6. The molecule has 4 saturated carbocycles. The molecule has 0 aromatic carbocycles. The fourth-order valence-corrected chi connectivity index (χ4v) is 9.46. The van der Waals surface area contributed by atoms with E-state index in [1.807, 2.05) is 0 Å². The summed E-state index contributed by atoms with van der Waals surface area (Å²) < 4.78 is 30.5. The molecule has 5 N–H and O–H groups in total. The van der Waals surface area contributed by atoms with Gasteiger partial charge in [0.2, 0.25) is 5.91 Å². The molecule has 35 heavy (non-hydrogen) atoms. The van der Waals surface area contributed by atoms with Gasteiger partial charge >= 0.3 is 0 Å². The van der Waals surface area contributed by atoms with Crippen molar-refractivity contribution in [3.8, 4) is 0 Å². The Balaban J connectivity index is 1.43. The van der Waals surface area contributed by atoms with Gasteiger partial charge in [0.1, 0.15) is 0 Å². The number of carbonyl (C=O) groups is 1. The maximum Gasteiger partial charge on any atom is 0.266 e. The van der Waals surface area contributed by atoms with Gasteiger partial charge in [0.15, 0.2) is 0 Å². The maximum atomic E-state index is 12.2. The third kappa shape index (κ3) is 5.05. The number of carbonyl (C=O) groups excluding carboxylic acids is 1. The lowest BCUT2D eigenvalue weighted by Gasteiger charge is -2.63. The van der Waals surface area contributed by atoms with Gasteiger partial charge in [-0.25, -0.2) is 0 Å². The molecule has 1 amide bonds. The molecule has 0 aromatic heterocycles. The number of amides is 1. The molecule has 8 nitrogen and oxygen atoms in total. The Morgan fingerprint density at radius 3 is 2.46 bits per heavy atom. The van der Waals surface area contributed by atoms with Gasteiger partial charge in [0, 0.05) is 13.0 Å². The molecule has 202 valence electrons. The molecule has 0 bridgehead atoms. The van der Waals surface area contributed by atoms with Crippen LogP contribution in [-0.2, 0) is 14.9 Å². The van der Waals surface area contributed by atoms with Crippen LogP contribution >= 0.6 is 0 Å². The van der Waals surface area contributed by atoms with Crippen LogP contribution in [0.2, 0.25) is 0 Å². The minimum Gasteiger partial charge on any atom is -0.393 e. The Morgan fingerprint density at radius 2 is 1.77 bits per heavy atom. The van der Waals surface area contributed by atoms with Gasteiger partial charge in [-0.15, -0.1) is 0 Å². The van der Waals surface area contributed by atoms with Gasteiger partial charge in [-0.2, -0.15) is 8.42 Å². The predicted molar refractivity (Wildman–Crippen MR) is 132 cm³/mol. The topological polar surface area (TPSA) is 144 Å². The lowest BCUT2D eigenvalue weighted by atomic mass is 9.43. The number of aliphatic hydroxyl groups excluding tert-OH is 3. The molecule has 4 fully saturated rings. The quantitative estimate of drug-likeness (QED) is 0.327. The molecule has 9 heteroatoms. The fraction of sp³-hybridized carbons (Fsp3) is 0.962. The highest BCUT2D eigenvalue weighted by molar-refractivity contribution is 7.85. The van der Waals surface area contributed by atoms with Crippen molar-refractivity contribution >= 4 is 16.0 Å². The van der Waals surface area contributed by atoms with Crippen LogP contribution in [0.5, 0.6) is 0 Å². The van der Waals surface area contributed by atoms with Crippen molar-refractivity contribution in [3.63, 3.8) is 0 Å². The van der Waals surface area contributed by atoms with Crippen molar-refractivity contribution in [3.05, 3.63) is 0 Å². The van der Waals surface area contributed by atoms with Gasteiger partial charge in [0.25, 0.3) is 10.1 Å². The van der Waals surface area contributed by atoms with Gasteiger partial charge < -0.3 is 20.6 Å². The van der Waals surface area contributed by atoms with Gasteiger partial charge in [-0.05, 0) is 97.7 Å². The number of rotatable bonds is 7. The summed E-state index contributed by atoms with van der Waals surface area (Å²) in [6.45, 7) is 6.56. The Bertz CT molecular complexity index is 896. The first-order valence-corrected chi connectivity index (χ1v) is 15.1. The van der Waals surface area contributed by atoms with E-state index < -0.39 is 28.1 Å². The van der Waals surface area contributed by atoms with Crippen molar-refractivity contribution in [1.29, 1.82) is 0 Å². The third-order valence-corrected chi connectivity index (χ3v) is 11.7. The predicted octanol–water partition coefficient (Wildman–Crippen LogP) is 2.37. The zero-order chi connectivity index (χ0) is 25.8. The molecule has 4 aliphatic carbocycles. The van der Waals surface area contributed by atoms with Crippen LogP contribution in [-0.4, -0.2) is 64.8 Å². The largest absolute Gasteiger partial charge is 0.393 e. The summed E-state index contributed by atoms with van der Waals surface area (Å²) in [5.74, 6) is 0.705. The summed E-state index contributed by atoms with van der Waals surface area (Å²) in [5, 5.41) is 35.8. The van der Waals surface area contributed by atoms with E-state index in [9.17, 15) is 28.5 Å². The van der Waals surface area contributed by atoms with Crippen molar-refractivity contribution in [2.75, 3.05) is 12.3 Å².